The summed E-state index contributed by atoms with van der Waals surface area (Å²) in [6, 6.07) is 20.1. The van der Waals surface area contributed by atoms with Crippen LogP contribution in [0.5, 0.6) is 0 Å². The lowest BCUT2D eigenvalue weighted by atomic mass is 10.1. The van der Waals surface area contributed by atoms with Crippen LogP contribution in [-0.2, 0) is 0 Å². The van der Waals surface area contributed by atoms with Crippen LogP contribution < -0.4 is 9.80 Å². The third-order valence-corrected chi connectivity index (χ3v) is 4.10. The van der Waals surface area contributed by atoms with E-state index in [-0.39, 0.29) is 5.78 Å². The van der Waals surface area contributed by atoms with E-state index in [2.05, 4.69) is 29.2 Å². The monoisotopic (exact) mass is 281 g/mol. The van der Waals surface area contributed by atoms with Gasteiger partial charge in [-0.3, -0.25) is 4.79 Å². The summed E-state index contributed by atoms with van der Waals surface area (Å²) in [6.07, 6.45) is 0. The number of nitrogens with one attached hydrogen (secondary N) is 1. The van der Waals surface area contributed by atoms with Gasteiger partial charge in [-0.2, -0.15) is 0 Å². The normalized spacial score (nSPS) is 15.9. The minimum atomic E-state index is 0.249. The number of rotatable bonds is 4. The van der Waals surface area contributed by atoms with Crippen molar-refractivity contribution < 1.29 is 9.69 Å². The largest absolute Gasteiger partial charge is 0.360 e. The molecular formula is C18H21N2O+. The zero-order valence-electron chi connectivity index (χ0n) is 12.2. The lowest BCUT2D eigenvalue weighted by Crippen LogP contribution is -3.15. The average Bonchev–Trinajstić information content (AvgIpc) is 2.57. The predicted molar refractivity (Wildman–Crippen MR) is 85.0 cm³/mol. The highest BCUT2D eigenvalue weighted by molar-refractivity contribution is 5.96. The van der Waals surface area contributed by atoms with Gasteiger partial charge in [0.05, 0.1) is 26.2 Å². The number of carbonyl (C=O) groups excluding carboxylic acids is 1. The maximum Gasteiger partial charge on any atom is 0.216 e. The molecule has 0 saturated carbocycles. The van der Waals surface area contributed by atoms with E-state index in [4.69, 9.17) is 0 Å². The smallest absolute Gasteiger partial charge is 0.216 e. The lowest BCUT2D eigenvalue weighted by Gasteiger charge is -2.33. The molecule has 1 heterocycles. The molecule has 1 fully saturated rings. The molecule has 3 heteroatoms. The van der Waals surface area contributed by atoms with Crippen molar-refractivity contribution in [3.63, 3.8) is 0 Å². The number of Topliss-reactive ketones (excluding diaryl/α,β-unsaturated/α-hetero) is 1. The molecule has 0 radical (unpaired) electrons. The van der Waals surface area contributed by atoms with Crippen LogP contribution in [0.25, 0.3) is 0 Å². The van der Waals surface area contributed by atoms with Gasteiger partial charge in [0, 0.05) is 11.3 Å². The van der Waals surface area contributed by atoms with Crippen LogP contribution >= 0.6 is 0 Å². The van der Waals surface area contributed by atoms with E-state index in [9.17, 15) is 4.79 Å². The molecule has 1 aliphatic rings. The summed E-state index contributed by atoms with van der Waals surface area (Å²) in [4.78, 5) is 16.0. The van der Waals surface area contributed by atoms with Crippen LogP contribution in [0.1, 0.15) is 10.4 Å². The number of anilines is 1. The van der Waals surface area contributed by atoms with E-state index in [1.165, 1.54) is 10.6 Å². The van der Waals surface area contributed by atoms with Crippen molar-refractivity contribution in [1.82, 2.24) is 0 Å². The minimum absolute atomic E-state index is 0.249. The maximum atomic E-state index is 12.2. The standard InChI is InChI=1S/C18H20N2O/c21-18(16-7-3-1-4-8-16)15-19-11-13-20(14-12-19)17-9-5-2-6-10-17/h1-10H,11-15H2/p+1. The van der Waals surface area contributed by atoms with Crippen molar-refractivity contribution in [2.45, 2.75) is 0 Å². The Balaban J connectivity index is 1.53. The van der Waals surface area contributed by atoms with E-state index < -0.39 is 0 Å². The molecule has 1 aliphatic heterocycles. The van der Waals surface area contributed by atoms with E-state index in [1.807, 2.05) is 36.4 Å². The zero-order valence-corrected chi connectivity index (χ0v) is 12.2. The Hall–Kier alpha value is -2.13. The van der Waals surface area contributed by atoms with Crippen LogP contribution in [0, 0.1) is 0 Å². The third-order valence-electron chi connectivity index (χ3n) is 4.10. The summed E-state index contributed by atoms with van der Waals surface area (Å²) in [6.45, 7) is 4.68. The Kier molecular flexibility index (Phi) is 4.31. The van der Waals surface area contributed by atoms with Gasteiger partial charge in [0.25, 0.3) is 0 Å². The molecular weight excluding hydrogens is 260 g/mol. The van der Waals surface area contributed by atoms with Gasteiger partial charge in [-0.15, -0.1) is 0 Å². The molecule has 0 aliphatic carbocycles. The van der Waals surface area contributed by atoms with Gasteiger partial charge in [0.15, 0.2) is 0 Å². The van der Waals surface area contributed by atoms with Gasteiger partial charge >= 0.3 is 0 Å². The lowest BCUT2D eigenvalue weighted by molar-refractivity contribution is -0.892. The van der Waals surface area contributed by atoms with Gasteiger partial charge in [0.1, 0.15) is 6.54 Å². The van der Waals surface area contributed by atoms with Crippen LogP contribution in [0.15, 0.2) is 60.7 Å². The molecule has 108 valence electrons. The van der Waals surface area contributed by atoms with Gasteiger partial charge in [-0.05, 0) is 12.1 Å². The van der Waals surface area contributed by atoms with Gasteiger partial charge in [-0.25, -0.2) is 0 Å². The molecule has 3 rings (SSSR count). The van der Waals surface area contributed by atoms with Crippen LogP contribution in [0.3, 0.4) is 0 Å². The summed E-state index contributed by atoms with van der Waals surface area (Å²) >= 11 is 0. The molecule has 1 saturated heterocycles. The van der Waals surface area contributed by atoms with E-state index in [0.717, 1.165) is 31.7 Å². The fraction of sp³-hybridized carbons (Fsp3) is 0.278. The first-order chi connectivity index (χ1) is 10.3. The second kappa shape index (κ2) is 6.55. The van der Waals surface area contributed by atoms with Crippen LogP contribution in [0.4, 0.5) is 5.69 Å². The topological polar surface area (TPSA) is 24.8 Å². The quantitative estimate of drug-likeness (QED) is 0.854. The fourth-order valence-electron chi connectivity index (χ4n) is 2.85. The first-order valence-corrected chi connectivity index (χ1v) is 7.55. The van der Waals surface area contributed by atoms with Gasteiger partial charge in [0.2, 0.25) is 5.78 Å². The molecule has 2 aromatic rings. The second-order valence-corrected chi connectivity index (χ2v) is 5.54. The highest BCUT2D eigenvalue weighted by Crippen LogP contribution is 2.12. The highest BCUT2D eigenvalue weighted by Gasteiger charge is 2.22. The Labute approximate surface area is 125 Å². The van der Waals surface area contributed by atoms with Gasteiger partial charge in [-0.1, -0.05) is 48.5 Å². The number of carbonyl (C=O) groups is 1. The molecule has 0 amide bonds. The van der Waals surface area contributed by atoms with Crippen molar-refractivity contribution >= 4 is 11.5 Å². The fourth-order valence-corrected chi connectivity index (χ4v) is 2.85. The Morgan fingerprint density at radius 3 is 2.10 bits per heavy atom. The Morgan fingerprint density at radius 2 is 1.48 bits per heavy atom. The highest BCUT2D eigenvalue weighted by atomic mass is 16.1. The number of nitrogens with zero attached hydrogens (tertiary/aromatic N) is 1. The molecule has 0 bridgehead atoms. The van der Waals surface area contributed by atoms with E-state index in [1.54, 1.807) is 0 Å². The van der Waals surface area contributed by atoms with E-state index in [0.29, 0.717) is 6.54 Å². The molecule has 21 heavy (non-hydrogen) atoms. The molecule has 0 atom stereocenters. The summed E-state index contributed by atoms with van der Waals surface area (Å²) < 4.78 is 0. The molecule has 3 nitrogen and oxygen atoms in total. The molecule has 2 aromatic carbocycles. The molecule has 0 unspecified atom stereocenters. The predicted octanol–water partition coefficient (Wildman–Crippen LogP) is 1.27. The van der Waals surface area contributed by atoms with Crippen molar-refractivity contribution in [1.29, 1.82) is 0 Å². The molecule has 1 N–H and O–H groups in total. The van der Waals surface area contributed by atoms with Crippen molar-refractivity contribution in [2.24, 2.45) is 0 Å². The Bertz CT molecular complexity index is 575. The van der Waals surface area contributed by atoms with E-state index >= 15 is 0 Å². The van der Waals surface area contributed by atoms with Crippen LogP contribution in [0.2, 0.25) is 0 Å². The third kappa shape index (κ3) is 3.50. The summed E-state index contributed by atoms with van der Waals surface area (Å²) in [5, 5.41) is 0. The number of piperazine rings is 1. The minimum Gasteiger partial charge on any atom is -0.360 e. The maximum absolute atomic E-state index is 12.2. The zero-order chi connectivity index (χ0) is 14.5. The van der Waals surface area contributed by atoms with Crippen molar-refractivity contribution in [2.75, 3.05) is 37.6 Å². The first kappa shape index (κ1) is 13.8. The average molecular weight is 281 g/mol. The number of hydrogen-bond donors (Lipinski definition) is 1. The Morgan fingerprint density at radius 1 is 0.905 bits per heavy atom. The summed E-state index contributed by atoms with van der Waals surface area (Å²) in [5.74, 6) is 0.249. The number of para-hydroxylation sites is 1. The number of quaternary nitrogens is 1. The van der Waals surface area contributed by atoms with Gasteiger partial charge < -0.3 is 9.80 Å². The number of ketones is 1. The summed E-state index contributed by atoms with van der Waals surface area (Å²) in [5.41, 5.74) is 2.11. The molecule has 0 aromatic heterocycles. The van der Waals surface area contributed by atoms with Crippen LogP contribution in [-0.4, -0.2) is 38.5 Å². The second-order valence-electron chi connectivity index (χ2n) is 5.54. The first-order valence-electron chi connectivity index (χ1n) is 7.55. The number of benzene rings is 2. The van der Waals surface area contributed by atoms with Crippen molar-refractivity contribution in [3.05, 3.63) is 66.2 Å². The summed E-state index contributed by atoms with van der Waals surface area (Å²) in [7, 11) is 0. The number of hydrogen-bond acceptors (Lipinski definition) is 2. The van der Waals surface area contributed by atoms with Crippen molar-refractivity contribution in [3.8, 4) is 0 Å². The SMILES string of the molecule is O=C(C[NH+]1CCN(c2ccccc2)CC1)c1ccccc1. The molecule has 0 spiro atoms.